The Morgan fingerprint density at radius 2 is 1.86 bits per heavy atom. The van der Waals surface area contributed by atoms with E-state index in [1.54, 1.807) is 0 Å². The van der Waals surface area contributed by atoms with E-state index < -0.39 is 0 Å². The summed E-state index contributed by atoms with van der Waals surface area (Å²) >= 11 is 0. The van der Waals surface area contributed by atoms with Crippen LogP contribution in [0.1, 0.15) is 40.6 Å². The molecule has 0 aliphatic heterocycles. The van der Waals surface area contributed by atoms with Gasteiger partial charge in [0.2, 0.25) is 0 Å². The van der Waals surface area contributed by atoms with Crippen LogP contribution in [-0.2, 0) is 6.42 Å². The van der Waals surface area contributed by atoms with E-state index in [0.717, 1.165) is 23.4 Å². The van der Waals surface area contributed by atoms with E-state index in [4.69, 9.17) is 0 Å². The van der Waals surface area contributed by atoms with Crippen LogP contribution in [-0.4, -0.2) is 9.97 Å². The fourth-order valence-electron chi connectivity index (χ4n) is 4.40. The maximum absolute atomic E-state index is 4.45. The van der Waals surface area contributed by atoms with Crippen molar-refractivity contribution in [2.45, 2.75) is 13.3 Å². The van der Waals surface area contributed by atoms with Gasteiger partial charge in [-0.2, -0.15) is 0 Å². The first-order valence-corrected chi connectivity index (χ1v) is 9.61. The molecule has 2 N–H and O–H groups in total. The highest BCUT2D eigenvalue weighted by Crippen LogP contribution is 2.38. The molecule has 2 heteroatoms. The maximum Gasteiger partial charge on any atom is 0.0471 e. The number of allylic oxidation sites excluding steroid dienone is 2. The van der Waals surface area contributed by atoms with Crippen molar-refractivity contribution in [2.75, 3.05) is 0 Å². The number of H-pyrrole nitrogens is 2. The number of benzene rings is 2. The molecule has 0 saturated carbocycles. The molecular formula is C26H22N2. The SMILES string of the molecule is C=Cc1[nH]c2c(c1/C=C\C)C(=C)Cc1ccc3[nH]c4ccccc4c3c1/C=C\2. The predicted molar refractivity (Wildman–Crippen MR) is 123 cm³/mol. The van der Waals surface area contributed by atoms with Crippen LogP contribution in [0.3, 0.4) is 0 Å². The van der Waals surface area contributed by atoms with Crippen LogP contribution in [0.4, 0.5) is 0 Å². The lowest BCUT2D eigenvalue weighted by atomic mass is 9.89. The first-order chi connectivity index (χ1) is 13.7. The number of para-hydroxylation sites is 1. The molecule has 2 nitrogen and oxygen atoms in total. The molecule has 1 aliphatic carbocycles. The summed E-state index contributed by atoms with van der Waals surface area (Å²) in [6.45, 7) is 10.5. The molecule has 0 saturated heterocycles. The molecule has 0 unspecified atom stereocenters. The number of fused-ring (bicyclic) bond motifs is 6. The molecule has 28 heavy (non-hydrogen) atoms. The van der Waals surface area contributed by atoms with Gasteiger partial charge in [0.1, 0.15) is 0 Å². The summed E-state index contributed by atoms with van der Waals surface area (Å²) in [5.74, 6) is 0. The molecule has 136 valence electrons. The first kappa shape index (κ1) is 16.6. The van der Waals surface area contributed by atoms with Crippen molar-refractivity contribution >= 4 is 51.7 Å². The van der Waals surface area contributed by atoms with E-state index >= 15 is 0 Å². The minimum atomic E-state index is 0.821. The topological polar surface area (TPSA) is 31.6 Å². The highest BCUT2D eigenvalue weighted by Gasteiger charge is 2.20. The predicted octanol–water partition coefficient (Wildman–Crippen LogP) is 7.07. The zero-order valence-corrected chi connectivity index (χ0v) is 16.0. The van der Waals surface area contributed by atoms with Gasteiger partial charge in [-0.3, -0.25) is 0 Å². The second-order valence-corrected chi connectivity index (χ2v) is 7.29. The van der Waals surface area contributed by atoms with Crippen LogP contribution in [0.5, 0.6) is 0 Å². The Labute approximate surface area is 164 Å². The molecule has 0 radical (unpaired) electrons. The number of rotatable bonds is 2. The largest absolute Gasteiger partial charge is 0.355 e. The van der Waals surface area contributed by atoms with Crippen LogP contribution in [0, 0.1) is 0 Å². The van der Waals surface area contributed by atoms with Gasteiger partial charge in [0.05, 0.1) is 0 Å². The van der Waals surface area contributed by atoms with Crippen LogP contribution >= 0.6 is 0 Å². The Morgan fingerprint density at radius 1 is 1.00 bits per heavy atom. The van der Waals surface area contributed by atoms with E-state index in [2.05, 4.69) is 83.8 Å². The Hall–Kier alpha value is -3.52. The van der Waals surface area contributed by atoms with Crippen molar-refractivity contribution in [1.82, 2.24) is 9.97 Å². The van der Waals surface area contributed by atoms with Crippen molar-refractivity contribution < 1.29 is 0 Å². The van der Waals surface area contributed by atoms with Gasteiger partial charge in [-0.15, -0.1) is 0 Å². The second-order valence-electron chi connectivity index (χ2n) is 7.29. The van der Waals surface area contributed by atoms with Crippen molar-refractivity contribution in [3.63, 3.8) is 0 Å². The molecule has 0 bridgehead atoms. The van der Waals surface area contributed by atoms with Crippen LogP contribution in [0.15, 0.2) is 55.6 Å². The van der Waals surface area contributed by atoms with Gasteiger partial charge < -0.3 is 9.97 Å². The van der Waals surface area contributed by atoms with Crippen molar-refractivity contribution in [3.8, 4) is 0 Å². The number of nitrogens with one attached hydrogen (secondary N) is 2. The molecule has 0 fully saturated rings. The summed E-state index contributed by atoms with van der Waals surface area (Å²) in [6, 6.07) is 12.9. The van der Waals surface area contributed by atoms with Gasteiger partial charge in [0, 0.05) is 44.3 Å². The highest BCUT2D eigenvalue weighted by atomic mass is 14.7. The van der Waals surface area contributed by atoms with Crippen molar-refractivity contribution in [3.05, 3.63) is 89.3 Å². The summed E-state index contributed by atoms with van der Waals surface area (Å²) in [7, 11) is 0. The van der Waals surface area contributed by atoms with Crippen LogP contribution in [0.25, 0.3) is 51.7 Å². The van der Waals surface area contributed by atoms with Gasteiger partial charge in [-0.25, -0.2) is 0 Å². The molecule has 0 atom stereocenters. The van der Waals surface area contributed by atoms with Crippen LogP contribution < -0.4 is 0 Å². The van der Waals surface area contributed by atoms with Gasteiger partial charge in [0.15, 0.2) is 0 Å². The van der Waals surface area contributed by atoms with Gasteiger partial charge in [0.25, 0.3) is 0 Å². The van der Waals surface area contributed by atoms with Gasteiger partial charge in [-0.05, 0) is 54.3 Å². The number of hydrogen-bond donors (Lipinski definition) is 2. The average Bonchev–Trinajstić information content (AvgIpc) is 3.24. The molecular weight excluding hydrogens is 340 g/mol. The Morgan fingerprint density at radius 3 is 2.68 bits per heavy atom. The fourth-order valence-corrected chi connectivity index (χ4v) is 4.40. The van der Waals surface area contributed by atoms with Gasteiger partial charge in [-0.1, -0.05) is 55.7 Å². The van der Waals surface area contributed by atoms with Gasteiger partial charge >= 0.3 is 0 Å². The normalized spacial score (nSPS) is 14.8. The molecule has 2 aromatic heterocycles. The first-order valence-electron chi connectivity index (χ1n) is 9.61. The molecule has 2 heterocycles. The lowest BCUT2D eigenvalue weighted by Gasteiger charge is -2.15. The van der Waals surface area contributed by atoms with E-state index in [1.165, 1.54) is 44.1 Å². The summed E-state index contributed by atoms with van der Waals surface area (Å²) in [6.07, 6.45) is 11.3. The highest BCUT2D eigenvalue weighted by molar-refractivity contribution is 6.12. The number of hydrogen-bond acceptors (Lipinski definition) is 0. The third kappa shape index (κ3) is 2.35. The molecule has 0 amide bonds. The van der Waals surface area contributed by atoms with Crippen molar-refractivity contribution in [1.29, 1.82) is 0 Å². The Bertz CT molecular complexity index is 1320. The minimum Gasteiger partial charge on any atom is -0.355 e. The Kier molecular flexibility index (Phi) is 3.73. The Balaban J connectivity index is 1.80. The number of aromatic amines is 2. The molecule has 4 aromatic rings. The summed E-state index contributed by atoms with van der Waals surface area (Å²) in [4.78, 5) is 7.07. The summed E-state index contributed by atoms with van der Waals surface area (Å²) in [5.41, 5.74) is 10.5. The quantitative estimate of drug-likeness (QED) is 0.382. The van der Waals surface area contributed by atoms with E-state index in [1.807, 2.05) is 13.0 Å². The monoisotopic (exact) mass is 362 g/mol. The second kappa shape index (κ2) is 6.28. The minimum absolute atomic E-state index is 0.821. The third-order valence-electron chi connectivity index (χ3n) is 5.61. The summed E-state index contributed by atoms with van der Waals surface area (Å²) in [5, 5.41) is 2.54. The fraction of sp³-hybridized carbons (Fsp3) is 0.0769. The molecule has 2 aromatic carbocycles. The van der Waals surface area contributed by atoms with E-state index in [9.17, 15) is 0 Å². The van der Waals surface area contributed by atoms with E-state index in [-0.39, 0.29) is 0 Å². The van der Waals surface area contributed by atoms with E-state index in [0.29, 0.717) is 0 Å². The molecule has 5 rings (SSSR count). The standard InChI is InChI=1S/C26H22N2/c1-4-8-19-21(5-2)27-23-14-12-18-17(15-16(3)25(19)23)11-13-24-26(18)20-9-6-7-10-22(20)28-24/h4-14,27-28H,2-3,15H2,1H3/b8-4-,14-12-. The zero-order chi connectivity index (χ0) is 19.3. The smallest absolute Gasteiger partial charge is 0.0471 e. The van der Waals surface area contributed by atoms with Crippen molar-refractivity contribution in [2.24, 2.45) is 0 Å². The van der Waals surface area contributed by atoms with Crippen LogP contribution in [0.2, 0.25) is 0 Å². The summed E-state index contributed by atoms with van der Waals surface area (Å²) < 4.78 is 0. The third-order valence-corrected chi connectivity index (χ3v) is 5.61. The zero-order valence-electron chi connectivity index (χ0n) is 16.0. The molecule has 0 spiro atoms. The maximum atomic E-state index is 4.45. The number of aromatic nitrogens is 2. The lowest BCUT2D eigenvalue weighted by molar-refractivity contribution is 1.27. The molecule has 1 aliphatic rings. The average molecular weight is 362 g/mol. The lowest BCUT2D eigenvalue weighted by Crippen LogP contribution is -1.98.